The molecule has 1 aromatic carbocycles. The second-order valence-corrected chi connectivity index (χ2v) is 5.73. The van der Waals surface area contributed by atoms with Crippen LogP contribution in [0.2, 0.25) is 0 Å². The summed E-state index contributed by atoms with van der Waals surface area (Å²) in [5.74, 6) is 0.573. The Morgan fingerprint density at radius 2 is 2.13 bits per heavy atom. The number of aromatic nitrogens is 4. The van der Waals surface area contributed by atoms with Crippen molar-refractivity contribution in [3.63, 3.8) is 0 Å². The van der Waals surface area contributed by atoms with Gasteiger partial charge in [0.1, 0.15) is 5.82 Å². The lowest BCUT2D eigenvalue weighted by atomic mass is 9.98. The van der Waals surface area contributed by atoms with Gasteiger partial charge in [-0.3, -0.25) is 4.79 Å². The number of H-pyrrole nitrogens is 1. The first-order chi connectivity index (χ1) is 11.1. The third-order valence-electron chi connectivity index (χ3n) is 4.23. The zero-order chi connectivity index (χ0) is 16.1. The Bertz CT molecular complexity index is 1000. The summed E-state index contributed by atoms with van der Waals surface area (Å²) in [5, 5.41) is 2.91. The molecular weight excluding hydrogens is 294 g/mol. The van der Waals surface area contributed by atoms with Gasteiger partial charge in [0.15, 0.2) is 0 Å². The van der Waals surface area contributed by atoms with Crippen LogP contribution in [0.4, 0.5) is 5.69 Å². The third-order valence-corrected chi connectivity index (χ3v) is 4.23. The first-order valence-electron chi connectivity index (χ1n) is 7.44. The fourth-order valence-electron chi connectivity index (χ4n) is 3.01. The molecule has 4 rings (SSSR count). The summed E-state index contributed by atoms with van der Waals surface area (Å²) in [6, 6.07) is 3.86. The van der Waals surface area contributed by atoms with Crippen LogP contribution in [0.15, 0.2) is 29.3 Å². The van der Waals surface area contributed by atoms with Gasteiger partial charge >= 0.3 is 5.69 Å². The van der Waals surface area contributed by atoms with Crippen molar-refractivity contribution in [1.29, 1.82) is 0 Å². The van der Waals surface area contributed by atoms with E-state index in [1.54, 1.807) is 13.2 Å². The molecule has 1 atom stereocenters. The summed E-state index contributed by atoms with van der Waals surface area (Å²) < 4.78 is 1.41. The molecule has 0 saturated heterocycles. The highest BCUT2D eigenvalue weighted by molar-refractivity contribution is 6.05. The van der Waals surface area contributed by atoms with E-state index in [-0.39, 0.29) is 17.5 Å². The maximum Gasteiger partial charge on any atom is 0.347 e. The quantitative estimate of drug-likeness (QED) is 0.754. The van der Waals surface area contributed by atoms with Crippen molar-refractivity contribution in [2.75, 3.05) is 5.32 Å². The maximum atomic E-state index is 11.9. The number of fused-ring (bicyclic) bond motifs is 2. The average molecular weight is 309 g/mol. The number of rotatable bonds is 2. The Kier molecular flexibility index (Phi) is 2.84. The molecule has 1 aliphatic heterocycles. The Balaban J connectivity index is 1.85. The average Bonchev–Trinajstić information content (AvgIpc) is 3.06. The fraction of sp³-hybridized carbons (Fsp3) is 0.250. The Labute approximate surface area is 131 Å². The molecule has 0 spiro atoms. The second-order valence-electron chi connectivity index (χ2n) is 5.73. The molecule has 3 aromatic rings. The molecule has 0 radical (unpaired) electrons. The van der Waals surface area contributed by atoms with Crippen LogP contribution in [-0.2, 0) is 11.8 Å². The molecule has 23 heavy (non-hydrogen) atoms. The number of carbonyl (C=O) groups is 1. The molecule has 2 N–H and O–H groups in total. The number of hydrogen-bond acceptors (Lipinski definition) is 4. The highest BCUT2D eigenvalue weighted by Gasteiger charge is 2.29. The lowest BCUT2D eigenvalue weighted by molar-refractivity contribution is -0.117. The Morgan fingerprint density at radius 3 is 2.87 bits per heavy atom. The standard InChI is InChI=1S/C16H15N5O2/c1-3-9-10-4-12-13(5-11(10)20-15(9)22)19-14(18-12)8-6-17-16(23)21(2)7-8/h4-7,9H,3H2,1-2H3,(H,18,19)(H,20,22). The summed E-state index contributed by atoms with van der Waals surface area (Å²) in [6.45, 7) is 2.00. The van der Waals surface area contributed by atoms with E-state index < -0.39 is 0 Å². The van der Waals surface area contributed by atoms with Crippen LogP contribution in [0.3, 0.4) is 0 Å². The number of nitrogens with one attached hydrogen (secondary N) is 2. The minimum Gasteiger partial charge on any atom is -0.338 e. The van der Waals surface area contributed by atoms with Crippen molar-refractivity contribution in [2.45, 2.75) is 19.3 Å². The largest absolute Gasteiger partial charge is 0.347 e. The number of imidazole rings is 1. The number of aryl methyl sites for hydroxylation is 1. The highest BCUT2D eigenvalue weighted by Crippen LogP contribution is 2.37. The maximum absolute atomic E-state index is 11.9. The number of aromatic amines is 1. The fourth-order valence-corrected chi connectivity index (χ4v) is 3.01. The Morgan fingerprint density at radius 1 is 1.30 bits per heavy atom. The predicted octanol–water partition coefficient (Wildman–Crippen LogP) is 1.77. The van der Waals surface area contributed by atoms with E-state index in [9.17, 15) is 9.59 Å². The number of amides is 1. The number of benzene rings is 1. The van der Waals surface area contributed by atoms with Gasteiger partial charge in [-0.2, -0.15) is 0 Å². The van der Waals surface area contributed by atoms with Crippen molar-refractivity contribution in [1.82, 2.24) is 19.5 Å². The highest BCUT2D eigenvalue weighted by atomic mass is 16.2. The Hall–Kier alpha value is -2.96. The first kappa shape index (κ1) is 13.7. The van der Waals surface area contributed by atoms with Gasteiger partial charge in [0.2, 0.25) is 5.91 Å². The molecule has 7 nitrogen and oxygen atoms in total. The van der Waals surface area contributed by atoms with Gasteiger partial charge in [0.25, 0.3) is 0 Å². The van der Waals surface area contributed by atoms with E-state index in [4.69, 9.17) is 0 Å². The summed E-state index contributed by atoms with van der Waals surface area (Å²) >= 11 is 0. The van der Waals surface area contributed by atoms with Crippen LogP contribution in [0.5, 0.6) is 0 Å². The van der Waals surface area contributed by atoms with Crippen LogP contribution >= 0.6 is 0 Å². The van der Waals surface area contributed by atoms with Crippen LogP contribution in [0.1, 0.15) is 24.8 Å². The van der Waals surface area contributed by atoms with E-state index in [0.717, 1.165) is 34.3 Å². The molecule has 0 aliphatic carbocycles. The lowest BCUT2D eigenvalue weighted by Gasteiger charge is -2.03. The van der Waals surface area contributed by atoms with Gasteiger partial charge in [-0.25, -0.2) is 14.8 Å². The summed E-state index contributed by atoms with van der Waals surface area (Å²) in [5.41, 5.74) is 3.88. The van der Waals surface area contributed by atoms with E-state index in [2.05, 4.69) is 20.3 Å². The monoisotopic (exact) mass is 309 g/mol. The van der Waals surface area contributed by atoms with Crippen LogP contribution in [0, 0.1) is 0 Å². The molecule has 0 bridgehead atoms. The van der Waals surface area contributed by atoms with Gasteiger partial charge in [0, 0.05) is 25.1 Å². The first-order valence-corrected chi connectivity index (χ1v) is 7.44. The normalized spacial score (nSPS) is 16.6. The van der Waals surface area contributed by atoms with Gasteiger partial charge in [0.05, 0.1) is 22.5 Å². The molecule has 0 saturated carbocycles. The zero-order valence-electron chi connectivity index (χ0n) is 12.8. The van der Waals surface area contributed by atoms with Gasteiger partial charge in [-0.05, 0) is 24.1 Å². The molecule has 0 fully saturated rings. The van der Waals surface area contributed by atoms with Crippen LogP contribution in [0.25, 0.3) is 22.4 Å². The molecular formula is C16H15N5O2. The van der Waals surface area contributed by atoms with Crippen LogP contribution in [-0.4, -0.2) is 25.4 Å². The molecule has 2 aromatic heterocycles. The van der Waals surface area contributed by atoms with Crippen molar-refractivity contribution in [2.24, 2.45) is 7.05 Å². The summed E-state index contributed by atoms with van der Waals surface area (Å²) in [7, 11) is 1.65. The van der Waals surface area contributed by atoms with Gasteiger partial charge < -0.3 is 14.9 Å². The number of carbonyl (C=O) groups excluding carboxylic acids is 1. The molecule has 3 heterocycles. The number of nitrogens with zero attached hydrogens (tertiary/aromatic N) is 3. The molecule has 116 valence electrons. The van der Waals surface area contributed by atoms with Gasteiger partial charge in [-0.15, -0.1) is 0 Å². The molecule has 1 unspecified atom stereocenters. The number of anilines is 1. The minimum atomic E-state index is -0.308. The van der Waals surface area contributed by atoms with E-state index in [1.807, 2.05) is 19.1 Å². The third kappa shape index (κ3) is 2.04. The number of hydrogen-bond donors (Lipinski definition) is 2. The van der Waals surface area contributed by atoms with E-state index in [1.165, 1.54) is 10.8 Å². The second kappa shape index (κ2) is 4.77. The topological polar surface area (TPSA) is 92.7 Å². The minimum absolute atomic E-state index is 0.0395. The van der Waals surface area contributed by atoms with E-state index in [0.29, 0.717) is 5.82 Å². The lowest BCUT2D eigenvalue weighted by Crippen LogP contribution is -2.18. The smallest absolute Gasteiger partial charge is 0.338 e. The van der Waals surface area contributed by atoms with Crippen molar-refractivity contribution in [3.05, 3.63) is 40.6 Å². The zero-order valence-corrected chi connectivity index (χ0v) is 12.8. The van der Waals surface area contributed by atoms with Crippen molar-refractivity contribution < 1.29 is 4.79 Å². The van der Waals surface area contributed by atoms with Crippen molar-refractivity contribution in [3.8, 4) is 11.4 Å². The summed E-state index contributed by atoms with van der Waals surface area (Å²) in [4.78, 5) is 34.9. The molecule has 1 aliphatic rings. The molecule has 7 heteroatoms. The predicted molar refractivity (Wildman–Crippen MR) is 86.2 cm³/mol. The van der Waals surface area contributed by atoms with E-state index >= 15 is 0 Å². The SMILES string of the molecule is CCC1C(=O)Nc2cc3nc(-c4cnc(=O)n(C)c4)[nH]c3cc21. The molecule has 1 amide bonds. The van der Waals surface area contributed by atoms with Crippen molar-refractivity contribution >= 4 is 22.6 Å². The summed E-state index contributed by atoms with van der Waals surface area (Å²) in [6.07, 6.45) is 3.96. The van der Waals surface area contributed by atoms with Crippen LogP contribution < -0.4 is 11.0 Å². The van der Waals surface area contributed by atoms with Gasteiger partial charge in [-0.1, -0.05) is 6.92 Å².